The van der Waals surface area contributed by atoms with Crippen molar-refractivity contribution in [2.45, 2.75) is 7.43 Å². The van der Waals surface area contributed by atoms with Gasteiger partial charge >= 0.3 is 12.5 Å². The van der Waals surface area contributed by atoms with Gasteiger partial charge in [-0.2, -0.15) is 0 Å². The molecule has 0 aromatic rings. The molecule has 1 amide bonds. The van der Waals surface area contributed by atoms with E-state index in [9.17, 15) is 9.59 Å². The molecule has 35 heavy (non-hydrogen) atoms. The first-order valence-electron chi connectivity index (χ1n) is 10.5. The molecule has 0 aliphatic carbocycles. The van der Waals surface area contributed by atoms with Gasteiger partial charge in [-0.15, -0.1) is 0 Å². The third-order valence-electron chi connectivity index (χ3n) is 3.10. The fraction of sp³-hybridized carbons (Fsp3) is 0.818. The highest BCUT2D eigenvalue weighted by atomic mass is 16.5. The van der Waals surface area contributed by atoms with E-state index in [4.69, 9.17) is 47.3 Å². The summed E-state index contributed by atoms with van der Waals surface area (Å²) in [5.74, 6) is -0.745. The predicted molar refractivity (Wildman–Crippen MR) is 131 cm³/mol. The maximum Gasteiger partial charge on any atom is 0.386 e. The van der Waals surface area contributed by atoms with Crippen molar-refractivity contribution in [1.82, 2.24) is 5.32 Å². The summed E-state index contributed by atoms with van der Waals surface area (Å²) in [5.41, 5.74) is 5.21. The van der Waals surface area contributed by atoms with Crippen molar-refractivity contribution in [2.24, 2.45) is 5.73 Å². The first-order valence-corrected chi connectivity index (χ1v) is 10.5. The van der Waals surface area contributed by atoms with Gasteiger partial charge in [-0.05, 0) is 0 Å². The normalized spacial score (nSPS) is 9.09. The Morgan fingerprint density at radius 3 is 1.51 bits per heavy atom. The van der Waals surface area contributed by atoms with Gasteiger partial charge in [-0.1, -0.05) is 7.43 Å². The highest BCUT2D eigenvalue weighted by Crippen LogP contribution is 1.80. The molecule has 3 N–H and O–H groups in total. The van der Waals surface area contributed by atoms with Crippen molar-refractivity contribution in [1.29, 1.82) is 0 Å². The summed E-state index contributed by atoms with van der Waals surface area (Å²) in [6, 6.07) is 0. The number of amides is 1. The minimum atomic E-state index is -0.477. The van der Waals surface area contributed by atoms with Gasteiger partial charge in [0.1, 0.15) is 0 Å². The fourth-order valence-electron chi connectivity index (χ4n) is 1.53. The van der Waals surface area contributed by atoms with Crippen LogP contribution in [0.25, 0.3) is 9.69 Å². The van der Waals surface area contributed by atoms with Crippen LogP contribution in [0.1, 0.15) is 7.43 Å². The lowest BCUT2D eigenvalue weighted by Gasteiger charge is -2.05. The first kappa shape index (κ1) is 39.8. The number of nitrogens with zero attached hydrogens (tertiary/aromatic N) is 2. The molecule has 0 unspecified atom stereocenters. The zero-order valence-electron chi connectivity index (χ0n) is 20.5. The molecule has 0 heterocycles. The van der Waals surface area contributed by atoms with E-state index in [1.807, 2.05) is 0 Å². The molecule has 0 spiro atoms. The van der Waals surface area contributed by atoms with Gasteiger partial charge in [0, 0.05) is 27.3 Å². The molecule has 0 aliphatic heterocycles. The van der Waals surface area contributed by atoms with Crippen molar-refractivity contribution in [3.8, 4) is 0 Å². The summed E-state index contributed by atoms with van der Waals surface area (Å²) in [5, 5.41) is 2.56. The van der Waals surface area contributed by atoms with Crippen LogP contribution >= 0.6 is 0 Å². The number of hydrogen-bond donors (Lipinski definition) is 2. The molecule has 0 rings (SSSR count). The monoisotopic (exact) mass is 508 g/mol. The molecule has 0 aromatic carbocycles. The molecule has 0 saturated carbocycles. The molecule has 13 heteroatoms. The zero-order chi connectivity index (χ0) is 26.1. The van der Waals surface area contributed by atoms with Gasteiger partial charge in [-0.25, -0.2) is 17.9 Å². The Morgan fingerprint density at radius 1 is 0.714 bits per heavy atom. The lowest BCUT2D eigenvalue weighted by Crippen LogP contribution is -2.29. The molecule has 206 valence electrons. The van der Waals surface area contributed by atoms with E-state index >= 15 is 0 Å². The number of rotatable bonds is 19. The Labute approximate surface area is 210 Å². The Bertz CT molecular complexity index is 518. The van der Waals surface area contributed by atoms with Crippen LogP contribution in [0.3, 0.4) is 0 Å². The molecule has 0 aliphatic rings. The number of ether oxygens (including phenoxy) is 7. The number of hydrogen-bond acceptors (Lipinski definition) is 10. The molecule has 0 bridgehead atoms. The maximum atomic E-state index is 10.8. The number of carbonyl (C=O) groups is 2. The van der Waals surface area contributed by atoms with E-state index in [0.717, 1.165) is 0 Å². The first-order chi connectivity index (χ1) is 16.5. The average Bonchev–Trinajstić information content (AvgIpc) is 2.83. The smallest absolute Gasteiger partial charge is 0.386 e. The van der Waals surface area contributed by atoms with Gasteiger partial charge in [0.15, 0.2) is 0 Å². The largest absolute Gasteiger partial charge is 0.464 e. The van der Waals surface area contributed by atoms with E-state index in [2.05, 4.69) is 19.7 Å². The quantitative estimate of drug-likeness (QED) is 0.139. The van der Waals surface area contributed by atoms with Gasteiger partial charge in [0.05, 0.1) is 73.2 Å². The van der Waals surface area contributed by atoms with Crippen LogP contribution in [0, 0.1) is 13.1 Å². The Balaban J connectivity index is -0.000000220. The van der Waals surface area contributed by atoms with E-state index in [-0.39, 0.29) is 26.4 Å². The minimum Gasteiger partial charge on any atom is -0.464 e. The number of carbonyl (C=O) groups excluding carboxylic acids is 2. The van der Waals surface area contributed by atoms with Crippen molar-refractivity contribution in [3.63, 3.8) is 0 Å². The molecule has 0 radical (unpaired) electrons. The second-order valence-corrected chi connectivity index (χ2v) is 5.78. The Morgan fingerprint density at radius 2 is 1.14 bits per heavy atom. The Hall–Kier alpha value is -2.36. The number of esters is 1. The number of nitrogens with one attached hydrogen (secondary N) is 1. The van der Waals surface area contributed by atoms with Crippen molar-refractivity contribution in [3.05, 3.63) is 22.8 Å². The predicted octanol–water partition coefficient (Wildman–Crippen LogP) is 0.0410. The Kier molecular flexibility index (Phi) is 44.3. The summed E-state index contributed by atoms with van der Waals surface area (Å²) in [6.45, 7) is 19.0. The van der Waals surface area contributed by atoms with Gasteiger partial charge in [0.25, 0.3) is 12.5 Å². The van der Waals surface area contributed by atoms with Crippen LogP contribution in [-0.4, -0.2) is 125 Å². The lowest BCUT2D eigenvalue weighted by molar-refractivity contribution is -0.138. The molecular formula is C22H44N4O9. The molecule has 0 saturated heterocycles. The van der Waals surface area contributed by atoms with E-state index in [1.165, 1.54) is 7.11 Å². The minimum absolute atomic E-state index is 0. The van der Waals surface area contributed by atoms with Crippen LogP contribution in [-0.2, 0) is 42.7 Å². The molecular weight excluding hydrogens is 464 g/mol. The van der Waals surface area contributed by atoms with Gasteiger partial charge in [-0.3, -0.25) is 4.79 Å². The second kappa shape index (κ2) is 38.9. The number of nitrogens with two attached hydrogens (primary N) is 1. The second-order valence-electron chi connectivity index (χ2n) is 5.78. The summed E-state index contributed by atoms with van der Waals surface area (Å²) in [7, 11) is 4.52. The van der Waals surface area contributed by atoms with Crippen molar-refractivity contribution in [2.75, 3.05) is 114 Å². The average molecular weight is 509 g/mol. The number of methoxy groups -OCH3 is 3. The summed E-state index contributed by atoms with van der Waals surface area (Å²) in [6.07, 6.45) is 0. The summed E-state index contributed by atoms with van der Waals surface area (Å²) >= 11 is 0. The highest BCUT2D eigenvalue weighted by molar-refractivity contribution is 5.79. The van der Waals surface area contributed by atoms with E-state index < -0.39 is 5.97 Å². The van der Waals surface area contributed by atoms with Crippen LogP contribution in [0.2, 0.25) is 0 Å². The highest BCUT2D eigenvalue weighted by Gasteiger charge is 2.01. The topological polar surface area (TPSA) is 146 Å². The van der Waals surface area contributed by atoms with Crippen LogP contribution in [0.5, 0.6) is 0 Å². The summed E-state index contributed by atoms with van der Waals surface area (Å²) < 4.78 is 34.3. The van der Waals surface area contributed by atoms with Gasteiger partial charge < -0.3 is 53.9 Å². The SMILES string of the molecule is C.COCCOCCOCCN.[C-]#[N+]CC(=O)NCCOCCOCCOC.[C-]#[N+]CC(=O)OC. The van der Waals surface area contributed by atoms with Gasteiger partial charge in [0.2, 0.25) is 0 Å². The van der Waals surface area contributed by atoms with Crippen LogP contribution in [0.15, 0.2) is 0 Å². The maximum absolute atomic E-state index is 10.8. The third-order valence-corrected chi connectivity index (χ3v) is 3.10. The summed E-state index contributed by atoms with van der Waals surface area (Å²) in [4.78, 5) is 26.5. The fourth-order valence-corrected chi connectivity index (χ4v) is 1.53. The van der Waals surface area contributed by atoms with Crippen molar-refractivity contribution < 1.29 is 42.7 Å². The molecule has 0 atom stereocenters. The van der Waals surface area contributed by atoms with Crippen LogP contribution < -0.4 is 11.1 Å². The van der Waals surface area contributed by atoms with Crippen molar-refractivity contribution >= 4 is 11.9 Å². The van der Waals surface area contributed by atoms with Crippen LogP contribution in [0.4, 0.5) is 0 Å². The lowest BCUT2D eigenvalue weighted by atomic mass is 10.5. The third kappa shape index (κ3) is 45.8. The molecule has 13 nitrogen and oxygen atoms in total. The molecule has 0 aromatic heterocycles. The zero-order valence-corrected chi connectivity index (χ0v) is 20.5. The molecule has 0 fully saturated rings. The van der Waals surface area contributed by atoms with E-state index in [0.29, 0.717) is 79.2 Å². The van der Waals surface area contributed by atoms with E-state index in [1.54, 1.807) is 14.2 Å². The standard InChI is InChI=1S/C10H18N2O4.C7H17NO3.C4H5NO2.CH4/c1-11-9-10(13)12-3-4-15-7-8-16-6-5-14-2;1-9-4-5-11-7-6-10-3-2-8;1-5-3-4(6)7-2;/h3-9H2,2H3,(H,12,13);2-8H2,1H3;3H2,2H3;1H4.